The van der Waals surface area contributed by atoms with Crippen molar-refractivity contribution in [3.8, 4) is 0 Å². The minimum absolute atomic E-state index is 0.0707. The van der Waals surface area contributed by atoms with Gasteiger partial charge in [-0.2, -0.15) is 0 Å². The summed E-state index contributed by atoms with van der Waals surface area (Å²) >= 11 is 0. The molecule has 1 aliphatic heterocycles. The molecule has 6 nitrogen and oxygen atoms in total. The standard InChI is InChI=1S/C27H38N4O2/c1-18-6-11-25-24(12-18)27(30-17-29-25)28-14-23(32)13-19-15-31(16-19)22-9-7-21(8-10-22)26(33)20-4-2-3-5-20/h6,11-12,17,19-22,26,33H,2-5,7-10,13-16H2,1H3,(H,28,29,30). The first-order valence-corrected chi connectivity index (χ1v) is 13.0. The van der Waals surface area contributed by atoms with Crippen LogP contribution in [0.25, 0.3) is 10.9 Å². The second kappa shape index (κ2) is 10.1. The van der Waals surface area contributed by atoms with Crippen LogP contribution >= 0.6 is 0 Å². The van der Waals surface area contributed by atoms with Gasteiger partial charge in [0, 0.05) is 30.9 Å². The normalized spacial score (nSPS) is 25.8. The van der Waals surface area contributed by atoms with Crippen LogP contribution in [0.3, 0.4) is 0 Å². The van der Waals surface area contributed by atoms with E-state index in [9.17, 15) is 9.90 Å². The number of aliphatic hydroxyl groups is 1. The van der Waals surface area contributed by atoms with Crippen LogP contribution in [0, 0.1) is 24.7 Å². The first-order chi connectivity index (χ1) is 16.1. The molecule has 0 amide bonds. The summed E-state index contributed by atoms with van der Waals surface area (Å²) in [5.41, 5.74) is 2.05. The number of hydrogen-bond donors (Lipinski definition) is 2. The Labute approximate surface area is 197 Å². The highest BCUT2D eigenvalue weighted by Gasteiger charge is 2.38. The average Bonchev–Trinajstić information content (AvgIpc) is 3.34. The van der Waals surface area contributed by atoms with Crippen molar-refractivity contribution in [1.29, 1.82) is 0 Å². The molecule has 1 saturated heterocycles. The highest BCUT2D eigenvalue weighted by molar-refractivity contribution is 5.91. The van der Waals surface area contributed by atoms with Gasteiger partial charge in [-0.05, 0) is 75.3 Å². The lowest BCUT2D eigenvalue weighted by Gasteiger charge is -2.47. The number of nitrogens with one attached hydrogen (secondary N) is 1. The van der Waals surface area contributed by atoms with E-state index in [1.54, 1.807) is 6.33 Å². The van der Waals surface area contributed by atoms with Crippen LogP contribution in [0.2, 0.25) is 0 Å². The van der Waals surface area contributed by atoms with Gasteiger partial charge in [0.2, 0.25) is 0 Å². The number of aromatic nitrogens is 2. The monoisotopic (exact) mass is 450 g/mol. The molecule has 0 spiro atoms. The van der Waals surface area contributed by atoms with Crippen LogP contribution in [-0.2, 0) is 4.79 Å². The van der Waals surface area contributed by atoms with E-state index in [0.29, 0.717) is 36.8 Å². The van der Waals surface area contributed by atoms with Gasteiger partial charge >= 0.3 is 0 Å². The summed E-state index contributed by atoms with van der Waals surface area (Å²) in [6, 6.07) is 6.74. The van der Waals surface area contributed by atoms with E-state index >= 15 is 0 Å². The van der Waals surface area contributed by atoms with Crippen molar-refractivity contribution >= 4 is 22.5 Å². The van der Waals surface area contributed by atoms with E-state index in [4.69, 9.17) is 0 Å². The van der Waals surface area contributed by atoms with Crippen molar-refractivity contribution in [2.24, 2.45) is 17.8 Å². The Kier molecular flexibility index (Phi) is 6.93. The van der Waals surface area contributed by atoms with E-state index in [2.05, 4.69) is 26.3 Å². The third kappa shape index (κ3) is 5.22. The van der Waals surface area contributed by atoms with E-state index in [1.165, 1.54) is 51.4 Å². The maximum Gasteiger partial charge on any atom is 0.152 e. The van der Waals surface area contributed by atoms with E-state index in [0.717, 1.165) is 35.4 Å². The zero-order valence-corrected chi connectivity index (χ0v) is 19.9. The number of ketones is 1. The number of aliphatic hydroxyl groups excluding tert-OH is 1. The number of fused-ring (bicyclic) bond motifs is 1. The number of rotatable bonds is 8. The van der Waals surface area contributed by atoms with Crippen LogP contribution in [-0.4, -0.2) is 57.5 Å². The Morgan fingerprint density at radius 3 is 2.58 bits per heavy atom. The molecule has 5 rings (SSSR count). The molecule has 6 heteroatoms. The molecule has 2 aliphatic carbocycles. The molecular weight excluding hydrogens is 412 g/mol. The van der Waals surface area contributed by atoms with Crippen LogP contribution < -0.4 is 5.32 Å². The SMILES string of the molecule is Cc1ccc2ncnc(NCC(=O)CC3CN(C4CCC(C(O)C5CCCC5)CC4)C3)c2c1. The molecular formula is C27H38N4O2. The molecule has 2 saturated carbocycles. The largest absolute Gasteiger partial charge is 0.393 e. The van der Waals surface area contributed by atoms with Gasteiger partial charge in [0.1, 0.15) is 12.1 Å². The molecule has 3 fully saturated rings. The van der Waals surface area contributed by atoms with E-state index < -0.39 is 0 Å². The number of nitrogens with zero attached hydrogens (tertiary/aromatic N) is 3. The molecule has 1 aromatic carbocycles. The third-order valence-electron chi connectivity index (χ3n) is 8.37. The molecule has 2 heterocycles. The molecule has 0 bridgehead atoms. The van der Waals surface area contributed by atoms with Crippen LogP contribution in [0.5, 0.6) is 0 Å². The molecule has 1 aromatic heterocycles. The zero-order valence-electron chi connectivity index (χ0n) is 19.9. The Balaban J connectivity index is 1.03. The highest BCUT2D eigenvalue weighted by atomic mass is 16.3. The van der Waals surface area contributed by atoms with Gasteiger partial charge in [0.05, 0.1) is 18.2 Å². The number of Topliss-reactive ketones (excluding diaryl/α,β-unsaturated/α-hetero) is 1. The number of carbonyl (C=O) groups excluding carboxylic acids is 1. The lowest BCUT2D eigenvalue weighted by Crippen LogP contribution is -2.54. The smallest absolute Gasteiger partial charge is 0.152 e. The van der Waals surface area contributed by atoms with Crippen LogP contribution in [0.4, 0.5) is 5.82 Å². The van der Waals surface area contributed by atoms with Gasteiger partial charge in [-0.25, -0.2) is 9.97 Å². The number of hydrogen-bond acceptors (Lipinski definition) is 6. The fraction of sp³-hybridized carbons (Fsp3) is 0.667. The minimum atomic E-state index is -0.0707. The van der Waals surface area contributed by atoms with Crippen LogP contribution in [0.15, 0.2) is 24.5 Å². The average molecular weight is 451 g/mol. The fourth-order valence-electron chi connectivity index (χ4n) is 6.42. The van der Waals surface area contributed by atoms with Crippen molar-refractivity contribution < 1.29 is 9.90 Å². The molecule has 33 heavy (non-hydrogen) atoms. The van der Waals surface area contributed by atoms with Gasteiger partial charge in [-0.1, -0.05) is 24.5 Å². The van der Waals surface area contributed by atoms with Crippen molar-refractivity contribution in [3.05, 3.63) is 30.1 Å². The second-order valence-electron chi connectivity index (χ2n) is 10.8. The summed E-state index contributed by atoms with van der Waals surface area (Å²) in [6.07, 6.45) is 11.9. The van der Waals surface area contributed by atoms with Gasteiger partial charge in [-0.15, -0.1) is 0 Å². The Morgan fingerprint density at radius 1 is 1.09 bits per heavy atom. The number of likely N-dealkylation sites (tertiary alicyclic amines) is 1. The molecule has 2 aromatic rings. The predicted octanol–water partition coefficient (Wildman–Crippen LogP) is 4.35. The fourth-order valence-corrected chi connectivity index (χ4v) is 6.42. The number of carbonyl (C=O) groups is 1. The summed E-state index contributed by atoms with van der Waals surface area (Å²) in [7, 11) is 0. The predicted molar refractivity (Wildman–Crippen MR) is 131 cm³/mol. The maximum absolute atomic E-state index is 12.6. The summed E-state index contributed by atoms with van der Waals surface area (Å²) in [4.78, 5) is 23.8. The van der Waals surface area contributed by atoms with Gasteiger partial charge in [0.15, 0.2) is 5.78 Å². The van der Waals surface area contributed by atoms with Gasteiger partial charge in [-0.3, -0.25) is 9.69 Å². The number of benzene rings is 1. The molecule has 3 aliphatic rings. The Morgan fingerprint density at radius 2 is 1.82 bits per heavy atom. The Bertz CT molecular complexity index is 960. The van der Waals surface area contributed by atoms with Crippen LogP contribution in [0.1, 0.15) is 63.4 Å². The summed E-state index contributed by atoms with van der Waals surface area (Å²) in [5, 5.41) is 15.0. The third-order valence-corrected chi connectivity index (χ3v) is 8.37. The van der Waals surface area contributed by atoms with Crippen molar-refractivity contribution in [1.82, 2.24) is 14.9 Å². The maximum atomic E-state index is 12.6. The highest BCUT2D eigenvalue weighted by Crippen LogP contribution is 2.38. The molecule has 2 N–H and O–H groups in total. The summed E-state index contributed by atoms with van der Waals surface area (Å²) < 4.78 is 0. The molecule has 178 valence electrons. The number of aryl methyl sites for hydroxylation is 1. The van der Waals surface area contributed by atoms with E-state index in [1.807, 2.05) is 19.1 Å². The lowest BCUT2D eigenvalue weighted by atomic mass is 9.76. The number of anilines is 1. The minimum Gasteiger partial charge on any atom is -0.393 e. The lowest BCUT2D eigenvalue weighted by molar-refractivity contribution is -0.120. The van der Waals surface area contributed by atoms with Crippen molar-refractivity contribution in [2.75, 3.05) is 25.0 Å². The van der Waals surface area contributed by atoms with E-state index in [-0.39, 0.29) is 11.9 Å². The second-order valence-corrected chi connectivity index (χ2v) is 10.8. The van der Waals surface area contributed by atoms with Gasteiger partial charge < -0.3 is 10.4 Å². The summed E-state index contributed by atoms with van der Waals surface area (Å²) in [5.74, 6) is 2.54. The van der Waals surface area contributed by atoms with Crippen molar-refractivity contribution in [2.45, 2.75) is 76.9 Å². The quantitative estimate of drug-likeness (QED) is 0.623. The summed E-state index contributed by atoms with van der Waals surface area (Å²) in [6.45, 7) is 4.46. The molecule has 1 atom stereocenters. The molecule has 1 unspecified atom stereocenters. The molecule has 0 radical (unpaired) electrons. The topological polar surface area (TPSA) is 78.4 Å². The van der Waals surface area contributed by atoms with Gasteiger partial charge in [0.25, 0.3) is 0 Å². The Hall–Kier alpha value is -2.05. The van der Waals surface area contributed by atoms with Crippen molar-refractivity contribution in [3.63, 3.8) is 0 Å². The first kappa shape index (κ1) is 22.7. The first-order valence-electron chi connectivity index (χ1n) is 13.0. The zero-order chi connectivity index (χ0) is 22.8.